The number of hydrogen-bond donors (Lipinski definition) is 2. The Kier molecular flexibility index (Phi) is 3.70. The summed E-state index contributed by atoms with van der Waals surface area (Å²) in [5.74, 6) is 0.0970. The highest BCUT2D eigenvalue weighted by Gasteiger charge is 2.15. The third-order valence-corrected chi connectivity index (χ3v) is 1.52. The van der Waals surface area contributed by atoms with Gasteiger partial charge in [-0.2, -0.15) is 0 Å². The molecule has 0 amide bonds. The zero-order valence-corrected chi connectivity index (χ0v) is 7.74. The van der Waals surface area contributed by atoms with Crippen LogP contribution >= 0.6 is 0 Å². The molecule has 1 aromatic rings. The van der Waals surface area contributed by atoms with Gasteiger partial charge >= 0.3 is 0 Å². The average Bonchev–Trinajstić information content (AvgIpc) is 2.15. The van der Waals surface area contributed by atoms with Crippen LogP contribution in [0.2, 0.25) is 0 Å². The monoisotopic (exact) mass is 202 g/mol. The Balaban J connectivity index is 2.74. The Morgan fingerprint density at radius 3 is 2.64 bits per heavy atom. The van der Waals surface area contributed by atoms with Crippen molar-refractivity contribution in [2.45, 2.75) is 19.4 Å². The molecule has 0 spiro atoms. The van der Waals surface area contributed by atoms with Crippen molar-refractivity contribution in [2.24, 2.45) is 5.73 Å². The fourth-order valence-electron chi connectivity index (χ4n) is 0.902. The van der Waals surface area contributed by atoms with Gasteiger partial charge in [0.1, 0.15) is 5.69 Å². The summed E-state index contributed by atoms with van der Waals surface area (Å²) < 4.78 is 24.8. The lowest BCUT2D eigenvalue weighted by Gasteiger charge is -2.10. The highest BCUT2D eigenvalue weighted by molar-refractivity contribution is 5.40. The van der Waals surface area contributed by atoms with Gasteiger partial charge in [-0.3, -0.25) is 0 Å². The molecule has 14 heavy (non-hydrogen) atoms. The molecule has 0 saturated heterocycles. The summed E-state index contributed by atoms with van der Waals surface area (Å²) >= 11 is 0. The predicted molar refractivity (Wildman–Crippen MR) is 49.1 cm³/mol. The zero-order chi connectivity index (χ0) is 10.6. The van der Waals surface area contributed by atoms with Gasteiger partial charge in [-0.25, -0.2) is 18.7 Å². The summed E-state index contributed by atoms with van der Waals surface area (Å²) in [4.78, 5) is 7.30. The lowest BCUT2D eigenvalue weighted by molar-refractivity contribution is 0.146. The Morgan fingerprint density at radius 2 is 2.07 bits per heavy atom. The molecule has 0 saturated carbocycles. The molecule has 3 N–H and O–H groups in total. The molecule has 0 aliphatic carbocycles. The van der Waals surface area contributed by atoms with E-state index >= 15 is 0 Å². The number of alkyl halides is 2. The van der Waals surface area contributed by atoms with Gasteiger partial charge in [-0.1, -0.05) is 0 Å². The number of aromatic nitrogens is 2. The van der Waals surface area contributed by atoms with E-state index in [1.165, 1.54) is 12.4 Å². The molecule has 0 fully saturated rings. The molecule has 6 heteroatoms. The first-order valence-electron chi connectivity index (χ1n) is 4.19. The average molecular weight is 202 g/mol. The Labute approximate surface area is 80.6 Å². The first-order valence-corrected chi connectivity index (χ1v) is 4.19. The molecule has 1 unspecified atom stereocenters. The lowest BCUT2D eigenvalue weighted by Crippen LogP contribution is -2.26. The van der Waals surface area contributed by atoms with E-state index in [1.807, 2.05) is 0 Å². The standard InChI is InChI=1S/C8H12F2N4/c1-5(11)4-14-8-6(7(9)10)12-2-3-13-8/h2-3,5,7H,4,11H2,1H3,(H,13,14). The number of rotatable bonds is 4. The minimum atomic E-state index is -2.63. The second-order valence-corrected chi connectivity index (χ2v) is 2.95. The number of nitrogens with two attached hydrogens (primary N) is 1. The van der Waals surface area contributed by atoms with Crippen LogP contribution in [0.1, 0.15) is 19.0 Å². The minimum Gasteiger partial charge on any atom is -0.367 e. The van der Waals surface area contributed by atoms with E-state index in [0.29, 0.717) is 6.54 Å². The molecular weight excluding hydrogens is 190 g/mol. The molecular formula is C8H12F2N4. The number of nitrogens with one attached hydrogen (secondary N) is 1. The van der Waals surface area contributed by atoms with Crippen molar-refractivity contribution in [3.8, 4) is 0 Å². The van der Waals surface area contributed by atoms with Crippen molar-refractivity contribution < 1.29 is 8.78 Å². The highest BCUT2D eigenvalue weighted by Crippen LogP contribution is 2.21. The van der Waals surface area contributed by atoms with Crippen LogP contribution in [0, 0.1) is 0 Å². The summed E-state index contributed by atoms with van der Waals surface area (Å²) in [7, 11) is 0. The molecule has 0 bridgehead atoms. The molecule has 0 aliphatic heterocycles. The Hall–Kier alpha value is -1.30. The zero-order valence-electron chi connectivity index (χ0n) is 7.74. The Morgan fingerprint density at radius 1 is 1.43 bits per heavy atom. The summed E-state index contributed by atoms with van der Waals surface area (Å²) in [6.07, 6.45) is -0.0345. The van der Waals surface area contributed by atoms with Crippen LogP contribution in [0.25, 0.3) is 0 Å². The minimum absolute atomic E-state index is 0.0970. The first kappa shape index (κ1) is 10.8. The van der Waals surface area contributed by atoms with Gasteiger partial charge in [0.15, 0.2) is 5.82 Å². The van der Waals surface area contributed by atoms with Crippen LogP contribution in [-0.2, 0) is 0 Å². The maximum atomic E-state index is 12.4. The van der Waals surface area contributed by atoms with E-state index in [0.717, 1.165) is 0 Å². The van der Waals surface area contributed by atoms with E-state index in [-0.39, 0.29) is 17.6 Å². The first-order chi connectivity index (χ1) is 6.61. The quantitative estimate of drug-likeness (QED) is 0.769. The number of nitrogens with zero attached hydrogens (tertiary/aromatic N) is 2. The van der Waals surface area contributed by atoms with Crippen LogP contribution in [0.5, 0.6) is 0 Å². The summed E-state index contributed by atoms with van der Waals surface area (Å²) in [6, 6.07) is -0.123. The van der Waals surface area contributed by atoms with Crippen LogP contribution in [-0.4, -0.2) is 22.6 Å². The molecule has 0 aromatic carbocycles. The molecule has 78 valence electrons. The van der Waals surface area contributed by atoms with Crippen molar-refractivity contribution in [1.82, 2.24) is 9.97 Å². The topological polar surface area (TPSA) is 63.8 Å². The third kappa shape index (κ3) is 2.88. The summed E-state index contributed by atoms with van der Waals surface area (Å²) in [5.41, 5.74) is 5.13. The van der Waals surface area contributed by atoms with Crippen molar-refractivity contribution in [1.29, 1.82) is 0 Å². The smallest absolute Gasteiger partial charge is 0.283 e. The molecule has 1 aromatic heterocycles. The molecule has 0 aliphatic rings. The molecule has 1 rings (SSSR count). The van der Waals surface area contributed by atoms with E-state index in [9.17, 15) is 8.78 Å². The second kappa shape index (κ2) is 4.80. The van der Waals surface area contributed by atoms with E-state index in [2.05, 4.69) is 15.3 Å². The SMILES string of the molecule is CC(N)CNc1nccnc1C(F)F. The third-order valence-electron chi connectivity index (χ3n) is 1.52. The lowest BCUT2D eigenvalue weighted by atomic mass is 10.3. The van der Waals surface area contributed by atoms with Gasteiger partial charge in [0.2, 0.25) is 0 Å². The van der Waals surface area contributed by atoms with Gasteiger partial charge < -0.3 is 11.1 Å². The molecule has 0 radical (unpaired) electrons. The van der Waals surface area contributed by atoms with Crippen molar-refractivity contribution in [2.75, 3.05) is 11.9 Å². The van der Waals surface area contributed by atoms with Crippen LogP contribution < -0.4 is 11.1 Å². The Bertz CT molecular complexity index is 290. The molecule has 4 nitrogen and oxygen atoms in total. The number of halogens is 2. The maximum absolute atomic E-state index is 12.4. The highest BCUT2D eigenvalue weighted by atomic mass is 19.3. The van der Waals surface area contributed by atoms with Gasteiger partial charge in [-0.15, -0.1) is 0 Å². The second-order valence-electron chi connectivity index (χ2n) is 2.95. The normalized spacial score (nSPS) is 12.9. The van der Waals surface area contributed by atoms with Crippen LogP contribution in [0.15, 0.2) is 12.4 Å². The molecule has 1 heterocycles. The maximum Gasteiger partial charge on any atom is 0.283 e. The molecule has 1 atom stereocenters. The van der Waals surface area contributed by atoms with E-state index in [1.54, 1.807) is 6.92 Å². The fourth-order valence-corrected chi connectivity index (χ4v) is 0.902. The van der Waals surface area contributed by atoms with E-state index < -0.39 is 6.43 Å². The van der Waals surface area contributed by atoms with Crippen molar-refractivity contribution in [3.63, 3.8) is 0 Å². The van der Waals surface area contributed by atoms with E-state index in [4.69, 9.17) is 5.73 Å². The number of hydrogen-bond acceptors (Lipinski definition) is 4. The predicted octanol–water partition coefficient (Wildman–Crippen LogP) is 1.17. The van der Waals surface area contributed by atoms with Crippen LogP contribution in [0.4, 0.5) is 14.6 Å². The summed E-state index contributed by atoms with van der Waals surface area (Å²) in [6.45, 7) is 2.16. The van der Waals surface area contributed by atoms with Gasteiger partial charge in [-0.05, 0) is 6.92 Å². The van der Waals surface area contributed by atoms with Crippen LogP contribution in [0.3, 0.4) is 0 Å². The van der Waals surface area contributed by atoms with Gasteiger partial charge in [0.25, 0.3) is 6.43 Å². The van der Waals surface area contributed by atoms with Crippen molar-refractivity contribution >= 4 is 5.82 Å². The van der Waals surface area contributed by atoms with Gasteiger partial charge in [0.05, 0.1) is 0 Å². The largest absolute Gasteiger partial charge is 0.367 e. The summed E-state index contributed by atoms with van der Waals surface area (Å²) in [5, 5.41) is 2.72. The van der Waals surface area contributed by atoms with Gasteiger partial charge in [0, 0.05) is 25.0 Å². The van der Waals surface area contributed by atoms with Crippen molar-refractivity contribution in [3.05, 3.63) is 18.1 Å². The number of anilines is 1. The fraction of sp³-hybridized carbons (Fsp3) is 0.500.